The number of hydrogen-bond acceptors (Lipinski definition) is 3. The Balaban J connectivity index is 2.47. The Bertz CT molecular complexity index is 621. The molecule has 0 aliphatic carbocycles. The van der Waals surface area contributed by atoms with Gasteiger partial charge in [0.15, 0.2) is 17.9 Å². The van der Waals surface area contributed by atoms with Crippen LogP contribution < -0.4 is 10.5 Å². The summed E-state index contributed by atoms with van der Waals surface area (Å²) in [6, 6.07) is 10.4. The van der Waals surface area contributed by atoms with Gasteiger partial charge in [0.1, 0.15) is 0 Å². The van der Waals surface area contributed by atoms with Gasteiger partial charge in [0.2, 0.25) is 0 Å². The summed E-state index contributed by atoms with van der Waals surface area (Å²) in [6.45, 7) is 1.90. The molecule has 3 nitrogen and oxygen atoms in total. The zero-order chi connectivity index (χ0) is 14.7. The predicted octanol–water partition coefficient (Wildman–Crippen LogP) is 3.33. The first-order valence-corrected chi connectivity index (χ1v) is 6.25. The number of rotatable bonds is 4. The van der Waals surface area contributed by atoms with Crippen molar-refractivity contribution in [3.8, 4) is 16.9 Å². The molecule has 104 valence electrons. The molecule has 2 N–H and O–H groups in total. The molecule has 0 amide bonds. The Morgan fingerprint density at radius 3 is 2.35 bits per heavy atom. The van der Waals surface area contributed by atoms with Crippen LogP contribution in [0.15, 0.2) is 36.4 Å². The summed E-state index contributed by atoms with van der Waals surface area (Å²) in [5.74, 6) is -0.584. The SMILES string of the molecule is COc1c(F)cc(-c2ccc(C(C)N)cc2)cc1C=O. The van der Waals surface area contributed by atoms with E-state index in [2.05, 4.69) is 0 Å². The number of benzene rings is 2. The molecule has 0 heterocycles. The molecule has 0 aromatic heterocycles. The Kier molecular flexibility index (Phi) is 4.15. The van der Waals surface area contributed by atoms with E-state index >= 15 is 0 Å². The van der Waals surface area contributed by atoms with E-state index in [9.17, 15) is 9.18 Å². The van der Waals surface area contributed by atoms with Gasteiger partial charge in [-0.15, -0.1) is 0 Å². The molecule has 0 spiro atoms. The van der Waals surface area contributed by atoms with Crippen LogP contribution in [-0.2, 0) is 0 Å². The Hall–Kier alpha value is -2.20. The molecule has 2 aromatic rings. The maximum Gasteiger partial charge on any atom is 0.166 e. The summed E-state index contributed by atoms with van der Waals surface area (Å²) >= 11 is 0. The van der Waals surface area contributed by atoms with Gasteiger partial charge in [-0.2, -0.15) is 0 Å². The fourth-order valence-corrected chi connectivity index (χ4v) is 2.06. The highest BCUT2D eigenvalue weighted by molar-refractivity contribution is 5.83. The Labute approximate surface area is 117 Å². The number of nitrogens with two attached hydrogens (primary N) is 1. The molecule has 20 heavy (non-hydrogen) atoms. The number of hydrogen-bond donors (Lipinski definition) is 1. The average Bonchev–Trinajstić information content (AvgIpc) is 2.46. The molecule has 4 heteroatoms. The molecule has 0 saturated heterocycles. The molecule has 0 aliphatic rings. The van der Waals surface area contributed by atoms with Crippen molar-refractivity contribution in [3.05, 3.63) is 53.3 Å². The number of ether oxygens (including phenoxy) is 1. The summed E-state index contributed by atoms with van der Waals surface area (Å²) in [5.41, 5.74) is 8.42. The second-order valence-electron chi connectivity index (χ2n) is 4.61. The molecule has 0 fully saturated rings. The lowest BCUT2D eigenvalue weighted by Crippen LogP contribution is -2.04. The van der Waals surface area contributed by atoms with Crippen LogP contribution >= 0.6 is 0 Å². The zero-order valence-corrected chi connectivity index (χ0v) is 11.4. The minimum absolute atomic E-state index is 0.0315. The monoisotopic (exact) mass is 273 g/mol. The van der Waals surface area contributed by atoms with Crippen molar-refractivity contribution in [2.24, 2.45) is 5.73 Å². The highest BCUT2D eigenvalue weighted by Gasteiger charge is 2.12. The van der Waals surface area contributed by atoms with Crippen molar-refractivity contribution < 1.29 is 13.9 Å². The first-order valence-electron chi connectivity index (χ1n) is 6.25. The Morgan fingerprint density at radius 2 is 1.85 bits per heavy atom. The summed E-state index contributed by atoms with van der Waals surface area (Å²) < 4.78 is 18.8. The van der Waals surface area contributed by atoms with Gasteiger partial charge < -0.3 is 10.5 Å². The summed E-state index contributed by atoms with van der Waals surface area (Å²) in [4.78, 5) is 11.0. The van der Waals surface area contributed by atoms with Gasteiger partial charge in [0, 0.05) is 6.04 Å². The molecular weight excluding hydrogens is 257 g/mol. The van der Waals surface area contributed by atoms with Gasteiger partial charge in [-0.3, -0.25) is 4.79 Å². The minimum atomic E-state index is -0.552. The van der Waals surface area contributed by atoms with E-state index in [1.54, 1.807) is 6.07 Å². The molecule has 0 bridgehead atoms. The second kappa shape index (κ2) is 5.84. The number of methoxy groups -OCH3 is 1. The van der Waals surface area contributed by atoms with E-state index in [1.165, 1.54) is 13.2 Å². The van der Waals surface area contributed by atoms with Crippen LogP contribution in [0.1, 0.15) is 28.9 Å². The smallest absolute Gasteiger partial charge is 0.166 e. The summed E-state index contributed by atoms with van der Waals surface area (Å²) in [6.07, 6.45) is 0.585. The van der Waals surface area contributed by atoms with Crippen molar-refractivity contribution in [1.29, 1.82) is 0 Å². The lowest BCUT2D eigenvalue weighted by molar-refractivity contribution is 0.112. The largest absolute Gasteiger partial charge is 0.493 e. The highest BCUT2D eigenvalue weighted by Crippen LogP contribution is 2.29. The third-order valence-corrected chi connectivity index (χ3v) is 3.17. The lowest BCUT2D eigenvalue weighted by Gasteiger charge is -2.10. The number of carbonyl (C=O) groups is 1. The van der Waals surface area contributed by atoms with Crippen molar-refractivity contribution in [2.45, 2.75) is 13.0 Å². The van der Waals surface area contributed by atoms with Crippen LogP contribution in [0.3, 0.4) is 0 Å². The molecule has 1 unspecified atom stereocenters. The van der Waals surface area contributed by atoms with E-state index < -0.39 is 5.82 Å². The Morgan fingerprint density at radius 1 is 1.20 bits per heavy atom. The maximum atomic E-state index is 13.9. The molecule has 2 rings (SSSR count). The normalized spacial score (nSPS) is 12.0. The van der Waals surface area contributed by atoms with Crippen molar-refractivity contribution in [2.75, 3.05) is 7.11 Å². The van der Waals surface area contributed by atoms with E-state index in [1.807, 2.05) is 31.2 Å². The summed E-state index contributed by atoms with van der Waals surface area (Å²) in [7, 11) is 1.34. The van der Waals surface area contributed by atoms with Crippen molar-refractivity contribution >= 4 is 6.29 Å². The molecular formula is C16H16FNO2. The van der Waals surface area contributed by atoms with Gasteiger partial charge in [-0.05, 0) is 35.7 Å². The third kappa shape index (κ3) is 2.70. The zero-order valence-electron chi connectivity index (χ0n) is 11.4. The number of halogens is 1. The fraction of sp³-hybridized carbons (Fsp3) is 0.188. The van der Waals surface area contributed by atoms with Crippen LogP contribution in [0.4, 0.5) is 4.39 Å². The quantitative estimate of drug-likeness (QED) is 0.869. The second-order valence-corrected chi connectivity index (χ2v) is 4.61. The van der Waals surface area contributed by atoms with Crippen LogP contribution in [0.25, 0.3) is 11.1 Å². The van der Waals surface area contributed by atoms with Crippen LogP contribution in [0.2, 0.25) is 0 Å². The molecule has 0 radical (unpaired) electrons. The molecule has 0 aliphatic heterocycles. The van der Waals surface area contributed by atoms with Gasteiger partial charge in [-0.25, -0.2) is 4.39 Å². The molecule has 2 aromatic carbocycles. The van der Waals surface area contributed by atoms with Crippen LogP contribution in [-0.4, -0.2) is 13.4 Å². The van der Waals surface area contributed by atoms with E-state index in [-0.39, 0.29) is 17.4 Å². The standard InChI is InChI=1S/C16H16FNO2/c1-10(18)11-3-5-12(6-4-11)13-7-14(9-19)16(20-2)15(17)8-13/h3-10H,18H2,1-2H3. The predicted molar refractivity (Wildman–Crippen MR) is 76.4 cm³/mol. The van der Waals surface area contributed by atoms with Gasteiger partial charge in [0.25, 0.3) is 0 Å². The van der Waals surface area contributed by atoms with E-state index in [0.29, 0.717) is 11.8 Å². The maximum absolute atomic E-state index is 13.9. The van der Waals surface area contributed by atoms with Gasteiger partial charge >= 0.3 is 0 Å². The van der Waals surface area contributed by atoms with E-state index in [0.717, 1.165) is 11.1 Å². The topological polar surface area (TPSA) is 52.3 Å². The van der Waals surface area contributed by atoms with E-state index in [4.69, 9.17) is 10.5 Å². The lowest BCUT2D eigenvalue weighted by atomic mass is 9.99. The number of aldehydes is 1. The number of carbonyl (C=O) groups excluding carboxylic acids is 1. The first kappa shape index (κ1) is 14.2. The van der Waals surface area contributed by atoms with Crippen LogP contribution in [0.5, 0.6) is 5.75 Å². The van der Waals surface area contributed by atoms with Crippen molar-refractivity contribution in [1.82, 2.24) is 0 Å². The van der Waals surface area contributed by atoms with Gasteiger partial charge in [-0.1, -0.05) is 24.3 Å². The highest BCUT2D eigenvalue weighted by atomic mass is 19.1. The molecule has 1 atom stereocenters. The minimum Gasteiger partial charge on any atom is -0.493 e. The van der Waals surface area contributed by atoms with Crippen LogP contribution in [0, 0.1) is 5.82 Å². The fourth-order valence-electron chi connectivity index (χ4n) is 2.06. The average molecular weight is 273 g/mol. The third-order valence-electron chi connectivity index (χ3n) is 3.17. The van der Waals surface area contributed by atoms with Gasteiger partial charge in [0.05, 0.1) is 12.7 Å². The molecule has 0 saturated carbocycles. The first-order chi connectivity index (χ1) is 9.56. The van der Waals surface area contributed by atoms with Crippen molar-refractivity contribution in [3.63, 3.8) is 0 Å². The summed E-state index contributed by atoms with van der Waals surface area (Å²) in [5, 5.41) is 0.